The Morgan fingerprint density at radius 2 is 1.72 bits per heavy atom. The predicted molar refractivity (Wildman–Crippen MR) is 86.1 cm³/mol. The van der Waals surface area contributed by atoms with E-state index < -0.39 is 40.9 Å². The van der Waals surface area contributed by atoms with Gasteiger partial charge in [0, 0.05) is 6.04 Å². The van der Waals surface area contributed by atoms with Crippen LogP contribution in [0.2, 0.25) is 0 Å². The first-order valence-electron chi connectivity index (χ1n) is 7.62. The Morgan fingerprint density at radius 1 is 1.12 bits per heavy atom. The number of carbonyl (C=O) groups excluding carboxylic acids is 2. The van der Waals surface area contributed by atoms with Gasteiger partial charge < -0.3 is 10.1 Å². The zero-order chi connectivity index (χ0) is 18.9. The summed E-state index contributed by atoms with van der Waals surface area (Å²) in [6.45, 7) is 2.63. The van der Waals surface area contributed by atoms with Gasteiger partial charge in [-0.2, -0.15) is 0 Å². The molecule has 0 saturated carbocycles. The highest BCUT2D eigenvalue weighted by Crippen LogP contribution is 2.09. The Morgan fingerprint density at radius 3 is 2.28 bits per heavy atom. The van der Waals surface area contributed by atoms with Crippen molar-refractivity contribution in [3.8, 4) is 0 Å². The van der Waals surface area contributed by atoms with Gasteiger partial charge in [0.2, 0.25) is 0 Å². The minimum Gasteiger partial charge on any atom is -0.454 e. The van der Waals surface area contributed by atoms with E-state index in [0.29, 0.717) is 0 Å². The van der Waals surface area contributed by atoms with Crippen molar-refractivity contribution in [1.29, 1.82) is 0 Å². The van der Waals surface area contributed by atoms with Crippen LogP contribution in [0.5, 0.6) is 0 Å². The highest BCUT2D eigenvalue weighted by molar-refractivity contribution is 7.89. The minimum absolute atomic E-state index is 0.00460. The normalized spacial score (nSPS) is 11.4. The molecule has 0 heterocycles. The molecule has 1 amide bonds. The highest BCUT2D eigenvalue weighted by Gasteiger charge is 2.16. The molecule has 0 unspecified atom stereocenters. The second-order valence-electron chi connectivity index (χ2n) is 5.07. The fourth-order valence-corrected chi connectivity index (χ4v) is 2.58. The number of hydrogen-bond acceptors (Lipinski definition) is 6. The van der Waals surface area contributed by atoms with Gasteiger partial charge in [0.15, 0.2) is 13.2 Å². The van der Waals surface area contributed by atoms with Gasteiger partial charge in [0.05, 0.1) is 4.90 Å². The van der Waals surface area contributed by atoms with E-state index in [0.717, 1.165) is 37.1 Å². The Hall–Kier alpha value is -2.04. The number of esters is 1. The summed E-state index contributed by atoms with van der Waals surface area (Å²) in [5, 5.41) is 2.68. The Kier molecular flexibility index (Phi) is 8.46. The van der Waals surface area contributed by atoms with Crippen molar-refractivity contribution >= 4 is 21.9 Å². The van der Waals surface area contributed by atoms with Crippen LogP contribution in [0.3, 0.4) is 0 Å². The number of hydrogen-bond donors (Lipinski definition) is 2. The molecule has 0 aliphatic rings. The lowest BCUT2D eigenvalue weighted by Crippen LogP contribution is -2.37. The summed E-state index contributed by atoms with van der Waals surface area (Å²) < 4.78 is 41.0. The standard InChI is InChI=1S/C15H21FN2O6S/c1-3-12(4-2)17-14(19)9-23-15(20)10-24-18-25(21,22)13-7-5-11(16)6-8-13/h5-8,12,18H,3-4,9-10H2,1-2H3,(H,17,19). The molecule has 0 radical (unpaired) electrons. The van der Waals surface area contributed by atoms with Crippen molar-refractivity contribution in [2.45, 2.75) is 37.6 Å². The summed E-state index contributed by atoms with van der Waals surface area (Å²) in [6.07, 6.45) is 1.51. The van der Waals surface area contributed by atoms with E-state index in [4.69, 9.17) is 0 Å². The summed E-state index contributed by atoms with van der Waals surface area (Å²) in [4.78, 5) is 29.0. The second kappa shape index (κ2) is 10.1. The van der Waals surface area contributed by atoms with Gasteiger partial charge in [-0.3, -0.25) is 9.63 Å². The van der Waals surface area contributed by atoms with Gasteiger partial charge in [-0.05, 0) is 37.1 Å². The molecule has 1 aromatic carbocycles. The van der Waals surface area contributed by atoms with Gasteiger partial charge in [0.25, 0.3) is 15.9 Å². The lowest BCUT2D eigenvalue weighted by molar-refractivity contribution is -0.154. The lowest BCUT2D eigenvalue weighted by Gasteiger charge is -2.14. The van der Waals surface area contributed by atoms with E-state index in [9.17, 15) is 22.4 Å². The van der Waals surface area contributed by atoms with Crippen molar-refractivity contribution in [2.24, 2.45) is 0 Å². The van der Waals surface area contributed by atoms with Crippen molar-refractivity contribution in [1.82, 2.24) is 10.2 Å². The largest absolute Gasteiger partial charge is 0.454 e. The Balaban J connectivity index is 2.34. The van der Waals surface area contributed by atoms with Gasteiger partial charge in [0.1, 0.15) is 5.82 Å². The van der Waals surface area contributed by atoms with Crippen molar-refractivity contribution in [3.63, 3.8) is 0 Å². The molecular weight excluding hydrogens is 355 g/mol. The van der Waals surface area contributed by atoms with Gasteiger partial charge >= 0.3 is 5.97 Å². The Labute approximate surface area is 145 Å². The predicted octanol–water partition coefficient (Wildman–Crippen LogP) is 0.884. The zero-order valence-corrected chi connectivity index (χ0v) is 14.8. The summed E-state index contributed by atoms with van der Waals surface area (Å²) in [5.41, 5.74) is 0. The molecule has 0 saturated heterocycles. The van der Waals surface area contributed by atoms with E-state index >= 15 is 0 Å². The highest BCUT2D eigenvalue weighted by atomic mass is 32.2. The number of amides is 1. The fraction of sp³-hybridized carbons (Fsp3) is 0.467. The zero-order valence-electron chi connectivity index (χ0n) is 14.0. The second-order valence-corrected chi connectivity index (χ2v) is 6.72. The third-order valence-electron chi connectivity index (χ3n) is 3.20. The fourth-order valence-electron chi connectivity index (χ4n) is 1.78. The topological polar surface area (TPSA) is 111 Å². The molecule has 0 fully saturated rings. The van der Waals surface area contributed by atoms with Gasteiger partial charge in [-0.25, -0.2) is 17.6 Å². The van der Waals surface area contributed by atoms with Crippen LogP contribution in [0, 0.1) is 5.82 Å². The van der Waals surface area contributed by atoms with Gasteiger partial charge in [-0.1, -0.05) is 18.7 Å². The summed E-state index contributed by atoms with van der Waals surface area (Å²) in [6, 6.07) is 4.04. The molecule has 0 aliphatic heterocycles. The minimum atomic E-state index is -4.05. The maximum atomic E-state index is 12.8. The molecule has 10 heteroatoms. The molecule has 1 aromatic rings. The SMILES string of the molecule is CCC(CC)NC(=O)COC(=O)CONS(=O)(=O)c1ccc(F)cc1. The average molecular weight is 376 g/mol. The number of rotatable bonds is 10. The first kappa shape index (κ1) is 21.0. The maximum Gasteiger partial charge on any atom is 0.334 e. The molecule has 0 aliphatic carbocycles. The van der Waals surface area contributed by atoms with Crippen LogP contribution >= 0.6 is 0 Å². The van der Waals surface area contributed by atoms with Crippen molar-refractivity contribution in [3.05, 3.63) is 30.1 Å². The summed E-state index contributed by atoms with van der Waals surface area (Å²) in [5.74, 6) is -1.95. The number of sulfonamides is 1. The van der Waals surface area contributed by atoms with E-state index in [2.05, 4.69) is 14.9 Å². The first-order chi connectivity index (χ1) is 11.8. The molecule has 2 N–H and O–H groups in total. The molecule has 1 rings (SSSR count). The summed E-state index contributed by atoms with van der Waals surface area (Å²) >= 11 is 0. The molecule has 140 valence electrons. The maximum absolute atomic E-state index is 12.8. The molecular formula is C15H21FN2O6S. The summed E-state index contributed by atoms with van der Waals surface area (Å²) in [7, 11) is -4.05. The third kappa shape index (κ3) is 7.59. The molecule has 0 aromatic heterocycles. The monoisotopic (exact) mass is 376 g/mol. The Bertz CT molecular complexity index is 674. The number of ether oxygens (including phenoxy) is 1. The molecule has 0 atom stereocenters. The smallest absolute Gasteiger partial charge is 0.334 e. The number of carbonyl (C=O) groups is 2. The van der Waals surface area contributed by atoms with Crippen LogP contribution in [0.1, 0.15) is 26.7 Å². The van der Waals surface area contributed by atoms with Crippen LogP contribution in [0.15, 0.2) is 29.2 Å². The van der Waals surface area contributed by atoms with E-state index in [1.807, 2.05) is 13.8 Å². The molecule has 0 bridgehead atoms. The number of nitrogens with one attached hydrogen (secondary N) is 2. The van der Waals surface area contributed by atoms with Crippen LogP contribution in [-0.4, -0.2) is 39.5 Å². The number of benzene rings is 1. The lowest BCUT2D eigenvalue weighted by atomic mass is 10.2. The average Bonchev–Trinajstić information content (AvgIpc) is 2.58. The van der Waals surface area contributed by atoms with Crippen LogP contribution in [0.25, 0.3) is 0 Å². The van der Waals surface area contributed by atoms with Crippen LogP contribution in [0.4, 0.5) is 4.39 Å². The van der Waals surface area contributed by atoms with E-state index in [1.165, 1.54) is 0 Å². The molecule has 25 heavy (non-hydrogen) atoms. The quantitative estimate of drug-likeness (QED) is 0.463. The van der Waals surface area contributed by atoms with E-state index in [1.54, 1.807) is 4.89 Å². The third-order valence-corrected chi connectivity index (χ3v) is 4.43. The first-order valence-corrected chi connectivity index (χ1v) is 9.11. The van der Waals surface area contributed by atoms with Crippen molar-refractivity contribution in [2.75, 3.05) is 13.2 Å². The number of halogens is 1. The van der Waals surface area contributed by atoms with E-state index in [-0.39, 0.29) is 10.9 Å². The van der Waals surface area contributed by atoms with Crippen molar-refractivity contribution < 1.29 is 32.0 Å². The molecule has 8 nitrogen and oxygen atoms in total. The van der Waals surface area contributed by atoms with Gasteiger partial charge in [-0.15, -0.1) is 0 Å². The molecule has 0 spiro atoms. The van der Waals surface area contributed by atoms with Crippen LogP contribution < -0.4 is 10.2 Å². The van der Waals surface area contributed by atoms with Crippen LogP contribution in [-0.2, 0) is 29.2 Å².